The van der Waals surface area contributed by atoms with Gasteiger partial charge in [0.2, 0.25) is 0 Å². The van der Waals surface area contributed by atoms with Crippen molar-refractivity contribution in [3.05, 3.63) is 52.3 Å². The molecule has 0 bridgehead atoms. The molecule has 1 amide bonds. The number of halogens is 1. The molecule has 1 aromatic heterocycles. The van der Waals surface area contributed by atoms with Gasteiger partial charge in [-0.2, -0.15) is 0 Å². The Balaban J connectivity index is 2.27. The summed E-state index contributed by atoms with van der Waals surface area (Å²) in [4.78, 5) is 27.0. The van der Waals surface area contributed by atoms with Gasteiger partial charge in [-0.3, -0.25) is 9.78 Å². The molecule has 0 aliphatic rings. The van der Waals surface area contributed by atoms with Crippen LogP contribution in [0.1, 0.15) is 26.4 Å². The van der Waals surface area contributed by atoms with E-state index in [-0.39, 0.29) is 27.6 Å². The van der Waals surface area contributed by atoms with Crippen LogP contribution in [0.3, 0.4) is 0 Å². The number of nitrogens with zero attached hydrogens (tertiary/aromatic N) is 1. The van der Waals surface area contributed by atoms with E-state index >= 15 is 0 Å². The molecule has 3 N–H and O–H groups in total. The molecule has 7 heteroatoms. The second kappa shape index (κ2) is 5.80. The highest BCUT2D eigenvalue weighted by atomic mass is 35.5. The van der Waals surface area contributed by atoms with Gasteiger partial charge in [-0.1, -0.05) is 11.6 Å². The van der Waals surface area contributed by atoms with Gasteiger partial charge in [0.1, 0.15) is 11.3 Å². The number of phenols is 1. The minimum absolute atomic E-state index is 0.173. The van der Waals surface area contributed by atoms with Crippen LogP contribution in [-0.2, 0) is 0 Å². The number of anilines is 1. The summed E-state index contributed by atoms with van der Waals surface area (Å²) in [6, 6.07) is 5.28. The number of hydrogen-bond donors (Lipinski definition) is 3. The third-order valence-electron chi connectivity index (χ3n) is 2.72. The Morgan fingerprint density at radius 3 is 2.57 bits per heavy atom. The molecule has 0 fully saturated rings. The molecule has 0 aliphatic carbocycles. The van der Waals surface area contributed by atoms with Crippen molar-refractivity contribution in [3.8, 4) is 5.75 Å². The summed E-state index contributed by atoms with van der Waals surface area (Å²) in [5, 5.41) is 21.1. The molecule has 1 aromatic carbocycles. The maximum Gasteiger partial charge on any atom is 0.339 e. The number of amides is 1. The van der Waals surface area contributed by atoms with Gasteiger partial charge >= 0.3 is 5.97 Å². The molecule has 0 atom stereocenters. The van der Waals surface area contributed by atoms with Crippen LogP contribution in [0, 0.1) is 6.92 Å². The van der Waals surface area contributed by atoms with Crippen LogP contribution in [0.15, 0.2) is 30.5 Å². The van der Waals surface area contributed by atoms with Crippen molar-refractivity contribution >= 4 is 29.2 Å². The Bertz CT molecular complexity index is 731. The van der Waals surface area contributed by atoms with E-state index in [0.29, 0.717) is 5.69 Å². The lowest BCUT2D eigenvalue weighted by atomic mass is 10.1. The zero-order chi connectivity index (χ0) is 15.6. The molecule has 2 aromatic rings. The molecule has 0 radical (unpaired) electrons. The van der Waals surface area contributed by atoms with E-state index < -0.39 is 11.9 Å². The van der Waals surface area contributed by atoms with Gasteiger partial charge < -0.3 is 15.5 Å². The normalized spacial score (nSPS) is 10.2. The van der Waals surface area contributed by atoms with E-state index in [4.69, 9.17) is 16.7 Å². The SMILES string of the molecule is Cc1cc(Cl)c(C(=O)Nc2ccc(O)c(C(=O)O)c2)cn1. The fourth-order valence-electron chi connectivity index (χ4n) is 1.68. The van der Waals surface area contributed by atoms with Gasteiger partial charge in [-0.05, 0) is 31.2 Å². The number of aromatic nitrogens is 1. The van der Waals surface area contributed by atoms with Crippen molar-refractivity contribution < 1.29 is 19.8 Å². The number of aromatic carboxylic acids is 1. The number of aryl methyl sites for hydroxylation is 1. The second-order valence-corrected chi connectivity index (χ2v) is 4.70. The number of carboxylic acids is 1. The molecule has 6 nitrogen and oxygen atoms in total. The number of benzene rings is 1. The summed E-state index contributed by atoms with van der Waals surface area (Å²) in [7, 11) is 0. The van der Waals surface area contributed by atoms with Gasteiger partial charge in [-0.15, -0.1) is 0 Å². The first-order valence-electron chi connectivity index (χ1n) is 5.88. The van der Waals surface area contributed by atoms with Gasteiger partial charge in [0.05, 0.1) is 10.6 Å². The molecular weight excluding hydrogens is 296 g/mol. The maximum absolute atomic E-state index is 12.1. The minimum Gasteiger partial charge on any atom is -0.507 e. The minimum atomic E-state index is -1.29. The number of rotatable bonds is 3. The van der Waals surface area contributed by atoms with E-state index in [9.17, 15) is 14.7 Å². The van der Waals surface area contributed by atoms with Gasteiger partial charge in [0.15, 0.2) is 0 Å². The van der Waals surface area contributed by atoms with E-state index in [0.717, 1.165) is 6.07 Å². The molecule has 0 unspecified atom stereocenters. The summed E-state index contributed by atoms with van der Waals surface area (Å²) >= 11 is 5.96. The zero-order valence-corrected chi connectivity index (χ0v) is 11.7. The molecule has 0 saturated heterocycles. The first kappa shape index (κ1) is 14.8. The Morgan fingerprint density at radius 1 is 1.24 bits per heavy atom. The summed E-state index contributed by atoms with van der Waals surface area (Å²) in [5.74, 6) is -2.19. The maximum atomic E-state index is 12.1. The molecule has 1 heterocycles. The van der Waals surface area contributed by atoms with Crippen molar-refractivity contribution in [1.29, 1.82) is 0 Å². The second-order valence-electron chi connectivity index (χ2n) is 4.30. The van der Waals surface area contributed by atoms with Crippen LogP contribution in [-0.4, -0.2) is 27.1 Å². The van der Waals surface area contributed by atoms with Gasteiger partial charge in [0.25, 0.3) is 5.91 Å². The van der Waals surface area contributed by atoms with Crippen molar-refractivity contribution in [1.82, 2.24) is 4.98 Å². The molecule has 0 spiro atoms. The van der Waals surface area contributed by atoms with Crippen LogP contribution in [0.5, 0.6) is 5.75 Å². The average molecular weight is 307 g/mol. The van der Waals surface area contributed by atoms with Crippen molar-refractivity contribution in [2.24, 2.45) is 0 Å². The van der Waals surface area contributed by atoms with E-state index in [1.807, 2.05) is 0 Å². The number of carboxylic acid groups (broad SMARTS) is 1. The highest BCUT2D eigenvalue weighted by molar-refractivity contribution is 6.34. The monoisotopic (exact) mass is 306 g/mol. The van der Waals surface area contributed by atoms with E-state index in [1.165, 1.54) is 18.3 Å². The number of carbonyl (C=O) groups excluding carboxylic acids is 1. The highest BCUT2D eigenvalue weighted by Crippen LogP contribution is 2.23. The van der Waals surface area contributed by atoms with Crippen LogP contribution in [0.4, 0.5) is 5.69 Å². The van der Waals surface area contributed by atoms with Gasteiger partial charge in [0, 0.05) is 17.6 Å². The Kier molecular flexibility index (Phi) is 4.09. The third kappa shape index (κ3) is 3.29. The van der Waals surface area contributed by atoms with Crippen LogP contribution in [0.2, 0.25) is 5.02 Å². The van der Waals surface area contributed by atoms with Crippen LogP contribution in [0.25, 0.3) is 0 Å². The lowest BCUT2D eigenvalue weighted by molar-refractivity contribution is 0.0693. The van der Waals surface area contributed by atoms with Crippen molar-refractivity contribution in [2.75, 3.05) is 5.32 Å². The van der Waals surface area contributed by atoms with Crippen LogP contribution >= 0.6 is 11.6 Å². The molecule has 108 valence electrons. The van der Waals surface area contributed by atoms with Crippen molar-refractivity contribution in [3.63, 3.8) is 0 Å². The highest BCUT2D eigenvalue weighted by Gasteiger charge is 2.14. The zero-order valence-electron chi connectivity index (χ0n) is 10.9. The van der Waals surface area contributed by atoms with Gasteiger partial charge in [-0.25, -0.2) is 4.79 Å². The standard InChI is InChI=1S/C14H11ClN2O4/c1-7-4-11(15)10(6-16-7)13(19)17-8-2-3-12(18)9(5-8)14(20)21/h2-6,18H,1H3,(H,17,19)(H,20,21). The average Bonchev–Trinajstić information content (AvgIpc) is 2.40. The number of nitrogens with one attached hydrogen (secondary N) is 1. The summed E-state index contributed by atoms with van der Waals surface area (Å²) in [6.07, 6.45) is 1.34. The third-order valence-corrected chi connectivity index (χ3v) is 3.03. The fraction of sp³-hybridized carbons (Fsp3) is 0.0714. The Morgan fingerprint density at radius 2 is 1.95 bits per heavy atom. The Labute approximate surface area is 125 Å². The number of hydrogen-bond acceptors (Lipinski definition) is 4. The quantitative estimate of drug-likeness (QED) is 0.757. The largest absolute Gasteiger partial charge is 0.507 e. The molecular formula is C14H11ClN2O4. The van der Waals surface area contributed by atoms with Crippen molar-refractivity contribution in [2.45, 2.75) is 6.92 Å². The molecule has 21 heavy (non-hydrogen) atoms. The molecule has 0 saturated carbocycles. The lowest BCUT2D eigenvalue weighted by Gasteiger charge is -2.08. The first-order valence-corrected chi connectivity index (χ1v) is 6.26. The summed E-state index contributed by atoms with van der Waals surface area (Å²) in [6.45, 7) is 1.74. The first-order chi connectivity index (χ1) is 9.88. The Hall–Kier alpha value is -2.60. The van der Waals surface area contributed by atoms with E-state index in [1.54, 1.807) is 13.0 Å². The number of aromatic hydroxyl groups is 1. The van der Waals surface area contributed by atoms with E-state index in [2.05, 4.69) is 10.3 Å². The number of pyridine rings is 1. The number of carbonyl (C=O) groups is 2. The van der Waals surface area contributed by atoms with Crippen LogP contribution < -0.4 is 5.32 Å². The smallest absolute Gasteiger partial charge is 0.339 e. The fourth-order valence-corrected chi connectivity index (χ4v) is 1.97. The summed E-state index contributed by atoms with van der Waals surface area (Å²) < 4.78 is 0. The molecule has 0 aliphatic heterocycles. The predicted octanol–water partition coefficient (Wildman–Crippen LogP) is 2.70. The summed E-state index contributed by atoms with van der Waals surface area (Å²) in [5.41, 5.74) is 0.773. The molecule has 2 rings (SSSR count). The lowest BCUT2D eigenvalue weighted by Crippen LogP contribution is -2.13. The predicted molar refractivity (Wildman–Crippen MR) is 77.0 cm³/mol. The topological polar surface area (TPSA) is 99.5 Å².